The number of rotatable bonds is 6. The first kappa shape index (κ1) is 18.4. The third kappa shape index (κ3) is 3.90. The molecule has 2 aromatic rings. The van der Waals surface area contributed by atoms with E-state index >= 15 is 0 Å². The van der Waals surface area contributed by atoms with Crippen molar-refractivity contribution in [1.82, 2.24) is 10.3 Å². The molecule has 1 atom stereocenters. The second kappa shape index (κ2) is 7.49. The second-order valence-corrected chi connectivity index (χ2v) is 7.30. The Morgan fingerprint density at radius 3 is 2.81 bits per heavy atom. The van der Waals surface area contributed by atoms with Crippen LogP contribution in [0.1, 0.15) is 37.0 Å². The molecule has 0 bridgehead atoms. The van der Waals surface area contributed by atoms with Gasteiger partial charge >= 0.3 is 0 Å². The number of carbonyl (C=O) groups excluding carboxylic acids is 2. The molecule has 1 aliphatic rings. The van der Waals surface area contributed by atoms with Gasteiger partial charge in [-0.3, -0.25) is 9.59 Å². The van der Waals surface area contributed by atoms with Gasteiger partial charge in [0.15, 0.2) is 0 Å². The topological polar surface area (TPSA) is 104 Å². The predicted molar refractivity (Wildman–Crippen MR) is 100 cm³/mol. The van der Waals surface area contributed by atoms with E-state index in [0.29, 0.717) is 40.1 Å². The molecule has 0 aliphatic carbocycles. The highest BCUT2D eigenvalue weighted by atomic mass is 79.9. The van der Waals surface area contributed by atoms with Gasteiger partial charge in [-0.15, -0.1) is 0 Å². The lowest BCUT2D eigenvalue weighted by Crippen LogP contribution is -2.31. The maximum Gasteiger partial charge on any atom is 0.252 e. The van der Waals surface area contributed by atoms with E-state index in [2.05, 4.69) is 26.2 Å². The van der Waals surface area contributed by atoms with Gasteiger partial charge in [-0.2, -0.15) is 0 Å². The lowest BCUT2D eigenvalue weighted by molar-refractivity contribution is -0.119. The first-order chi connectivity index (χ1) is 12.3. The molecule has 7 nitrogen and oxygen atoms in total. The van der Waals surface area contributed by atoms with E-state index in [0.717, 1.165) is 11.8 Å². The van der Waals surface area contributed by atoms with Gasteiger partial charge in [0.05, 0.1) is 17.7 Å². The summed E-state index contributed by atoms with van der Waals surface area (Å²) in [5, 5.41) is 4.30. The van der Waals surface area contributed by atoms with Crippen molar-refractivity contribution in [2.75, 3.05) is 6.61 Å². The number of nitrogens with one attached hydrogen (secondary N) is 1. The molecule has 1 aromatic carbocycles. The van der Waals surface area contributed by atoms with Crippen LogP contribution in [0.15, 0.2) is 22.8 Å². The van der Waals surface area contributed by atoms with Crippen molar-refractivity contribution in [3.05, 3.63) is 28.4 Å². The van der Waals surface area contributed by atoms with Crippen molar-refractivity contribution in [1.29, 1.82) is 0 Å². The van der Waals surface area contributed by atoms with Crippen LogP contribution in [-0.4, -0.2) is 35.6 Å². The number of nitrogens with zero attached hydrogens (tertiary/aromatic N) is 1. The van der Waals surface area contributed by atoms with Crippen molar-refractivity contribution in [3.8, 4) is 11.6 Å². The lowest BCUT2D eigenvalue weighted by atomic mass is 10.1. The number of halogens is 1. The van der Waals surface area contributed by atoms with Gasteiger partial charge in [0, 0.05) is 27.9 Å². The zero-order valence-corrected chi connectivity index (χ0v) is 16.1. The Hall–Kier alpha value is -2.35. The molecule has 138 valence electrons. The van der Waals surface area contributed by atoms with E-state index in [9.17, 15) is 9.59 Å². The number of primary amides is 1. The molecule has 1 aromatic heterocycles. The number of amides is 2. The van der Waals surface area contributed by atoms with E-state index in [4.69, 9.17) is 15.2 Å². The zero-order chi connectivity index (χ0) is 18.8. The van der Waals surface area contributed by atoms with Crippen LogP contribution in [0, 0.1) is 0 Å². The molecule has 0 unspecified atom stereocenters. The quantitative estimate of drug-likeness (QED) is 0.745. The molecule has 26 heavy (non-hydrogen) atoms. The van der Waals surface area contributed by atoms with Crippen LogP contribution in [0.3, 0.4) is 0 Å². The number of ether oxygens (including phenoxy) is 2. The Morgan fingerprint density at radius 2 is 2.19 bits per heavy atom. The van der Waals surface area contributed by atoms with E-state index in [1.54, 1.807) is 18.3 Å². The summed E-state index contributed by atoms with van der Waals surface area (Å²) < 4.78 is 12.3. The average Bonchev–Trinajstić information content (AvgIpc) is 2.98. The third-order valence-electron chi connectivity index (χ3n) is 4.04. The van der Waals surface area contributed by atoms with Gasteiger partial charge in [-0.25, -0.2) is 4.98 Å². The molecule has 1 saturated heterocycles. The summed E-state index contributed by atoms with van der Waals surface area (Å²) in [7, 11) is 0. The maximum absolute atomic E-state index is 11.8. The summed E-state index contributed by atoms with van der Waals surface area (Å²) in [6.07, 6.45) is 2.74. The summed E-state index contributed by atoms with van der Waals surface area (Å²) in [5.74, 6) is 0.265. The normalized spacial score (nSPS) is 16.8. The van der Waals surface area contributed by atoms with E-state index in [1.807, 2.05) is 13.8 Å². The van der Waals surface area contributed by atoms with E-state index in [-0.39, 0.29) is 18.1 Å². The molecule has 3 rings (SSSR count). The van der Waals surface area contributed by atoms with Crippen molar-refractivity contribution in [2.24, 2.45) is 5.73 Å². The summed E-state index contributed by atoms with van der Waals surface area (Å²) in [6, 6.07) is 3.36. The Morgan fingerprint density at radius 1 is 1.42 bits per heavy atom. The Balaban J connectivity index is 1.99. The summed E-state index contributed by atoms with van der Waals surface area (Å²) in [5.41, 5.74) is 5.80. The van der Waals surface area contributed by atoms with Crippen molar-refractivity contribution in [2.45, 2.75) is 38.8 Å². The smallest absolute Gasteiger partial charge is 0.252 e. The molecule has 1 aliphatic heterocycles. The fourth-order valence-electron chi connectivity index (χ4n) is 2.85. The monoisotopic (exact) mass is 421 g/mol. The van der Waals surface area contributed by atoms with Crippen LogP contribution in [0.2, 0.25) is 0 Å². The average molecular weight is 422 g/mol. The molecule has 8 heteroatoms. The molecule has 0 saturated carbocycles. The number of benzene rings is 1. The van der Waals surface area contributed by atoms with Gasteiger partial charge in [-0.05, 0) is 48.3 Å². The number of hydrogen-bond donors (Lipinski definition) is 2. The molecule has 2 heterocycles. The van der Waals surface area contributed by atoms with E-state index < -0.39 is 5.91 Å². The highest BCUT2D eigenvalue weighted by Gasteiger charge is 2.22. The molecule has 1 fully saturated rings. The first-order valence-corrected chi connectivity index (χ1v) is 9.15. The molecule has 0 spiro atoms. The third-order valence-corrected chi connectivity index (χ3v) is 4.67. The Labute approximate surface area is 159 Å². The predicted octanol–water partition coefficient (Wildman–Crippen LogP) is 2.54. The number of aromatic nitrogens is 1. The fourth-order valence-corrected chi connectivity index (χ4v) is 3.28. The number of nitrogens with two attached hydrogens (primary N) is 1. The Kier molecular flexibility index (Phi) is 5.31. The SMILES string of the molecule is CC(C)Oc1cc2c(OC[C@@H]3CCC(=O)N3)ncc(Br)c2cc1C(N)=O. The van der Waals surface area contributed by atoms with Gasteiger partial charge in [0.1, 0.15) is 12.4 Å². The van der Waals surface area contributed by atoms with Crippen molar-refractivity contribution < 1.29 is 19.1 Å². The molecule has 0 radical (unpaired) electrons. The van der Waals surface area contributed by atoms with Gasteiger partial charge in [0.25, 0.3) is 5.91 Å². The van der Waals surface area contributed by atoms with Gasteiger partial charge < -0.3 is 20.5 Å². The lowest BCUT2D eigenvalue weighted by Gasteiger charge is -2.17. The minimum Gasteiger partial charge on any atom is -0.490 e. The van der Waals surface area contributed by atoms with Gasteiger partial charge in [-0.1, -0.05) is 0 Å². The fraction of sp³-hybridized carbons (Fsp3) is 0.389. The summed E-state index contributed by atoms with van der Waals surface area (Å²) in [6.45, 7) is 4.07. The van der Waals surface area contributed by atoms with Crippen LogP contribution in [-0.2, 0) is 4.79 Å². The van der Waals surface area contributed by atoms with Crippen molar-refractivity contribution >= 4 is 38.5 Å². The number of pyridine rings is 1. The number of carbonyl (C=O) groups is 2. The maximum atomic E-state index is 11.8. The van der Waals surface area contributed by atoms with Crippen LogP contribution < -0.4 is 20.5 Å². The van der Waals surface area contributed by atoms with Crippen LogP contribution in [0.4, 0.5) is 0 Å². The van der Waals surface area contributed by atoms with Gasteiger partial charge in [0.2, 0.25) is 11.8 Å². The summed E-state index contributed by atoms with van der Waals surface area (Å²) in [4.78, 5) is 27.5. The minimum atomic E-state index is -0.567. The largest absolute Gasteiger partial charge is 0.490 e. The van der Waals surface area contributed by atoms with Crippen LogP contribution in [0.5, 0.6) is 11.6 Å². The second-order valence-electron chi connectivity index (χ2n) is 6.45. The molecule has 2 amide bonds. The highest BCUT2D eigenvalue weighted by Crippen LogP contribution is 2.35. The number of fused-ring (bicyclic) bond motifs is 1. The Bertz CT molecular complexity index is 869. The molecular formula is C18H20BrN3O4. The number of hydrogen-bond acceptors (Lipinski definition) is 5. The van der Waals surface area contributed by atoms with Crippen LogP contribution >= 0.6 is 15.9 Å². The first-order valence-electron chi connectivity index (χ1n) is 8.36. The van der Waals surface area contributed by atoms with E-state index in [1.165, 1.54) is 0 Å². The minimum absolute atomic E-state index is 0.0284. The van der Waals surface area contributed by atoms with Crippen molar-refractivity contribution in [3.63, 3.8) is 0 Å². The zero-order valence-electron chi connectivity index (χ0n) is 14.5. The van der Waals surface area contributed by atoms with Crippen LogP contribution in [0.25, 0.3) is 10.8 Å². The standard InChI is InChI=1S/C18H20BrN3O4/c1-9(2)26-15-6-12-11(5-13(15)17(20)24)14(19)7-21-18(12)25-8-10-3-4-16(23)22-10/h5-7,9-10H,3-4,8H2,1-2H3,(H2,20,24)(H,22,23)/t10-/m0/s1. The summed E-state index contributed by atoms with van der Waals surface area (Å²) >= 11 is 3.45. The molecular weight excluding hydrogens is 402 g/mol. The highest BCUT2D eigenvalue weighted by molar-refractivity contribution is 9.10. The molecule has 3 N–H and O–H groups in total.